The minimum atomic E-state index is 0.436. The van der Waals surface area contributed by atoms with Crippen LogP contribution in [0.2, 0.25) is 0 Å². The van der Waals surface area contributed by atoms with Crippen LogP contribution in [0, 0.1) is 0 Å². The molecule has 0 spiro atoms. The number of aromatic nitrogens is 1. The van der Waals surface area contributed by atoms with Crippen LogP contribution >= 0.6 is 11.3 Å². The van der Waals surface area contributed by atoms with E-state index in [1.54, 1.807) is 11.3 Å². The van der Waals surface area contributed by atoms with Gasteiger partial charge in [0.1, 0.15) is 0 Å². The number of nitrogens with zero attached hydrogens (tertiary/aromatic N) is 2. The second kappa shape index (κ2) is 6.33. The molecule has 1 unspecified atom stereocenters. The molecule has 2 rings (SSSR count). The second-order valence-electron chi connectivity index (χ2n) is 4.42. The molecule has 0 bridgehead atoms. The van der Waals surface area contributed by atoms with Gasteiger partial charge in [-0.05, 0) is 19.9 Å². The first-order valence-electron chi connectivity index (χ1n) is 6.30. The Hall–Kier alpha value is -0.650. The number of hydrogen-bond acceptors (Lipinski definition) is 5. The first kappa shape index (κ1) is 12.8. The summed E-state index contributed by atoms with van der Waals surface area (Å²) in [5.74, 6) is 0. The molecule has 2 heterocycles. The maximum atomic E-state index is 5.44. The van der Waals surface area contributed by atoms with Gasteiger partial charge in [-0.3, -0.25) is 0 Å². The topological polar surface area (TPSA) is 37.4 Å². The van der Waals surface area contributed by atoms with Crippen molar-refractivity contribution in [3.8, 4) is 0 Å². The van der Waals surface area contributed by atoms with Crippen molar-refractivity contribution in [2.45, 2.75) is 32.9 Å². The summed E-state index contributed by atoms with van der Waals surface area (Å²) in [4.78, 5) is 7.03. The summed E-state index contributed by atoms with van der Waals surface area (Å²) in [5, 5.41) is 6.67. The molecule has 1 aromatic heterocycles. The smallest absolute Gasteiger partial charge is 0.185 e. The molecule has 0 aliphatic carbocycles. The summed E-state index contributed by atoms with van der Waals surface area (Å²) in [7, 11) is 0. The fourth-order valence-electron chi connectivity index (χ4n) is 1.91. The number of morpholine rings is 1. The molecule has 17 heavy (non-hydrogen) atoms. The second-order valence-corrected chi connectivity index (χ2v) is 5.25. The molecule has 1 aromatic rings. The summed E-state index contributed by atoms with van der Waals surface area (Å²) in [6.07, 6.45) is 1.16. The van der Waals surface area contributed by atoms with Gasteiger partial charge in [-0.25, -0.2) is 4.98 Å². The zero-order valence-corrected chi connectivity index (χ0v) is 11.4. The standard InChI is InChI=1S/C12H21N3OS/c1-3-4-13-7-11-9-17-12(14-11)15-5-6-16-8-10(15)2/h9-10,13H,3-8H2,1-2H3. The predicted molar refractivity (Wildman–Crippen MR) is 71.7 cm³/mol. The highest BCUT2D eigenvalue weighted by Crippen LogP contribution is 2.24. The van der Waals surface area contributed by atoms with Crippen LogP contribution in [0.4, 0.5) is 5.13 Å². The van der Waals surface area contributed by atoms with Crippen molar-refractivity contribution in [2.75, 3.05) is 31.2 Å². The van der Waals surface area contributed by atoms with Gasteiger partial charge in [-0.1, -0.05) is 6.92 Å². The van der Waals surface area contributed by atoms with Crippen LogP contribution in [0.15, 0.2) is 5.38 Å². The molecule has 0 aromatic carbocycles. The Kier molecular flexibility index (Phi) is 4.76. The van der Waals surface area contributed by atoms with Crippen molar-refractivity contribution in [3.63, 3.8) is 0 Å². The molecule has 96 valence electrons. The van der Waals surface area contributed by atoms with E-state index in [1.807, 2.05) is 0 Å². The van der Waals surface area contributed by atoms with Crippen LogP contribution in [0.1, 0.15) is 26.0 Å². The van der Waals surface area contributed by atoms with Gasteiger partial charge in [-0.15, -0.1) is 11.3 Å². The predicted octanol–water partition coefficient (Wildman–Crippen LogP) is 1.87. The molecule has 1 saturated heterocycles. The molecule has 5 heteroatoms. The van der Waals surface area contributed by atoms with Gasteiger partial charge < -0.3 is 15.0 Å². The Balaban J connectivity index is 1.92. The Labute approximate surface area is 107 Å². The van der Waals surface area contributed by atoms with Crippen molar-refractivity contribution in [1.82, 2.24) is 10.3 Å². The normalized spacial score (nSPS) is 20.8. The van der Waals surface area contributed by atoms with Crippen molar-refractivity contribution >= 4 is 16.5 Å². The lowest BCUT2D eigenvalue weighted by molar-refractivity contribution is 0.0989. The Morgan fingerprint density at radius 3 is 3.29 bits per heavy atom. The number of hydrogen-bond donors (Lipinski definition) is 1. The lowest BCUT2D eigenvalue weighted by atomic mass is 10.3. The van der Waals surface area contributed by atoms with Gasteiger partial charge in [0.25, 0.3) is 0 Å². The van der Waals surface area contributed by atoms with Crippen molar-refractivity contribution < 1.29 is 4.74 Å². The molecule has 1 aliphatic heterocycles. The van der Waals surface area contributed by atoms with Gasteiger partial charge in [0.2, 0.25) is 0 Å². The van der Waals surface area contributed by atoms with Gasteiger partial charge in [0.15, 0.2) is 5.13 Å². The largest absolute Gasteiger partial charge is 0.377 e. The molecular weight excluding hydrogens is 234 g/mol. The maximum Gasteiger partial charge on any atom is 0.185 e. The van der Waals surface area contributed by atoms with E-state index in [2.05, 4.69) is 34.4 Å². The molecule has 4 nitrogen and oxygen atoms in total. The van der Waals surface area contributed by atoms with Gasteiger partial charge in [0, 0.05) is 18.5 Å². The summed E-state index contributed by atoms with van der Waals surface area (Å²) in [5.41, 5.74) is 1.15. The lowest BCUT2D eigenvalue weighted by Crippen LogP contribution is -2.43. The average molecular weight is 255 g/mol. The summed E-state index contributed by atoms with van der Waals surface area (Å²) in [6.45, 7) is 8.88. The van der Waals surface area contributed by atoms with E-state index in [4.69, 9.17) is 4.74 Å². The first-order valence-corrected chi connectivity index (χ1v) is 7.18. The summed E-state index contributed by atoms with van der Waals surface area (Å²) < 4.78 is 5.44. The summed E-state index contributed by atoms with van der Waals surface area (Å²) >= 11 is 1.74. The quantitative estimate of drug-likeness (QED) is 0.815. The van der Waals surface area contributed by atoms with Crippen molar-refractivity contribution in [3.05, 3.63) is 11.1 Å². The number of ether oxygens (including phenoxy) is 1. The molecule has 0 amide bonds. The number of anilines is 1. The fraction of sp³-hybridized carbons (Fsp3) is 0.750. The van der Waals surface area contributed by atoms with Gasteiger partial charge in [0.05, 0.1) is 24.9 Å². The van der Waals surface area contributed by atoms with Crippen LogP contribution < -0.4 is 10.2 Å². The Morgan fingerprint density at radius 1 is 1.65 bits per heavy atom. The SMILES string of the molecule is CCCNCc1csc(N2CCOCC2C)n1. The van der Waals surface area contributed by atoms with E-state index in [-0.39, 0.29) is 0 Å². The van der Waals surface area contributed by atoms with Crippen LogP contribution in [0.3, 0.4) is 0 Å². The number of rotatable bonds is 5. The summed E-state index contributed by atoms with van der Waals surface area (Å²) in [6, 6.07) is 0.436. The zero-order valence-electron chi connectivity index (χ0n) is 10.6. The van der Waals surface area contributed by atoms with Crippen molar-refractivity contribution in [2.24, 2.45) is 0 Å². The third kappa shape index (κ3) is 3.40. The third-order valence-corrected chi connectivity index (χ3v) is 3.81. The van der Waals surface area contributed by atoms with E-state index < -0.39 is 0 Å². The van der Waals surface area contributed by atoms with E-state index in [9.17, 15) is 0 Å². The highest BCUT2D eigenvalue weighted by atomic mass is 32.1. The molecule has 1 N–H and O–H groups in total. The van der Waals surface area contributed by atoms with Crippen LogP contribution in [-0.4, -0.2) is 37.3 Å². The molecule has 0 radical (unpaired) electrons. The van der Waals surface area contributed by atoms with Crippen LogP contribution in [0.5, 0.6) is 0 Å². The minimum Gasteiger partial charge on any atom is -0.377 e. The zero-order chi connectivity index (χ0) is 12.1. The Bertz CT molecular complexity index is 342. The maximum absolute atomic E-state index is 5.44. The monoisotopic (exact) mass is 255 g/mol. The minimum absolute atomic E-state index is 0.436. The lowest BCUT2D eigenvalue weighted by Gasteiger charge is -2.32. The number of thiazole rings is 1. The highest BCUT2D eigenvalue weighted by Gasteiger charge is 2.21. The van der Waals surface area contributed by atoms with E-state index >= 15 is 0 Å². The molecule has 0 saturated carbocycles. The first-order chi connectivity index (χ1) is 8.31. The van der Waals surface area contributed by atoms with Crippen LogP contribution in [0.25, 0.3) is 0 Å². The third-order valence-electron chi connectivity index (χ3n) is 2.89. The highest BCUT2D eigenvalue weighted by molar-refractivity contribution is 7.13. The van der Waals surface area contributed by atoms with Gasteiger partial charge in [-0.2, -0.15) is 0 Å². The number of nitrogens with one attached hydrogen (secondary N) is 1. The molecule has 1 atom stereocenters. The van der Waals surface area contributed by atoms with E-state index in [0.29, 0.717) is 6.04 Å². The molecular formula is C12H21N3OS. The average Bonchev–Trinajstić information content (AvgIpc) is 2.79. The van der Waals surface area contributed by atoms with Crippen LogP contribution in [-0.2, 0) is 11.3 Å². The molecule has 1 aliphatic rings. The Morgan fingerprint density at radius 2 is 2.53 bits per heavy atom. The van der Waals surface area contributed by atoms with E-state index in [1.165, 1.54) is 0 Å². The van der Waals surface area contributed by atoms with Crippen molar-refractivity contribution in [1.29, 1.82) is 0 Å². The van der Waals surface area contributed by atoms with E-state index in [0.717, 1.165) is 50.1 Å². The van der Waals surface area contributed by atoms with Gasteiger partial charge >= 0.3 is 0 Å². The fourth-order valence-corrected chi connectivity index (χ4v) is 2.87. The molecule has 1 fully saturated rings.